The summed E-state index contributed by atoms with van der Waals surface area (Å²) in [6, 6.07) is 15.0. The molecule has 0 bridgehead atoms. The minimum absolute atomic E-state index is 0.0951. The smallest absolute Gasteiger partial charge is 0.238 e. The summed E-state index contributed by atoms with van der Waals surface area (Å²) in [5, 5.41) is 6.48. The molecule has 1 amide bonds. The van der Waals surface area contributed by atoms with Crippen molar-refractivity contribution in [3.63, 3.8) is 0 Å². The number of hydrogen-bond donors (Lipinski definition) is 2. The molecule has 5 heteroatoms. The summed E-state index contributed by atoms with van der Waals surface area (Å²) in [6.07, 6.45) is 0. The Hall–Kier alpha value is -1.36. The van der Waals surface area contributed by atoms with Crippen molar-refractivity contribution in [2.45, 2.75) is 6.54 Å². The van der Waals surface area contributed by atoms with Crippen molar-refractivity contribution in [1.82, 2.24) is 5.32 Å². The minimum atomic E-state index is -0.0951. The second-order valence-electron chi connectivity index (χ2n) is 4.29. The third-order valence-electron chi connectivity index (χ3n) is 2.61. The van der Waals surface area contributed by atoms with E-state index in [0.29, 0.717) is 17.3 Å². The van der Waals surface area contributed by atoms with Crippen molar-refractivity contribution in [3.05, 3.63) is 63.6 Å². The Labute approximate surface area is 131 Å². The monoisotopic (exact) mass is 352 g/mol. The van der Waals surface area contributed by atoms with Crippen molar-refractivity contribution in [2.24, 2.45) is 0 Å². The van der Waals surface area contributed by atoms with Gasteiger partial charge in [0, 0.05) is 21.7 Å². The molecule has 0 atom stereocenters. The lowest BCUT2D eigenvalue weighted by Gasteiger charge is -2.07. The highest BCUT2D eigenvalue weighted by Gasteiger charge is 2.02. The van der Waals surface area contributed by atoms with Crippen LogP contribution < -0.4 is 10.6 Å². The summed E-state index contributed by atoms with van der Waals surface area (Å²) >= 11 is 9.27. The van der Waals surface area contributed by atoms with Gasteiger partial charge >= 0.3 is 0 Å². The number of nitrogens with one attached hydrogen (secondary N) is 2. The van der Waals surface area contributed by atoms with Crippen LogP contribution in [0, 0.1) is 0 Å². The number of carbonyl (C=O) groups excluding carboxylic acids is 1. The van der Waals surface area contributed by atoms with Gasteiger partial charge in [-0.1, -0.05) is 45.7 Å². The first kappa shape index (κ1) is 15.0. The molecule has 0 saturated carbocycles. The first-order valence-corrected chi connectivity index (χ1v) is 7.31. The Balaban J connectivity index is 1.78. The normalized spacial score (nSPS) is 10.3. The molecule has 0 fully saturated rings. The first-order valence-electron chi connectivity index (χ1n) is 6.14. The molecule has 0 aromatic heterocycles. The number of benzene rings is 2. The third kappa shape index (κ3) is 4.96. The summed E-state index contributed by atoms with van der Waals surface area (Å²) in [6.45, 7) is 0.890. The zero-order valence-electron chi connectivity index (χ0n) is 10.7. The van der Waals surface area contributed by atoms with Gasteiger partial charge in [0.1, 0.15) is 0 Å². The number of carbonyl (C=O) groups is 1. The Morgan fingerprint density at radius 1 is 1.15 bits per heavy atom. The summed E-state index contributed by atoms with van der Waals surface area (Å²) in [5.74, 6) is -0.0951. The van der Waals surface area contributed by atoms with Gasteiger partial charge < -0.3 is 10.6 Å². The van der Waals surface area contributed by atoms with E-state index in [1.54, 1.807) is 24.3 Å². The van der Waals surface area contributed by atoms with Gasteiger partial charge in [-0.25, -0.2) is 0 Å². The van der Waals surface area contributed by atoms with Crippen LogP contribution in [0.3, 0.4) is 0 Å². The van der Waals surface area contributed by atoms with Gasteiger partial charge in [-0.3, -0.25) is 4.79 Å². The molecule has 2 rings (SSSR count). The van der Waals surface area contributed by atoms with Crippen LogP contribution in [0.5, 0.6) is 0 Å². The quantitative estimate of drug-likeness (QED) is 0.857. The Morgan fingerprint density at radius 3 is 2.70 bits per heavy atom. The SMILES string of the molecule is O=C(CNCc1cccc(Br)c1)Nc1cccc(Cl)c1. The molecule has 0 heterocycles. The van der Waals surface area contributed by atoms with Crippen LogP contribution in [-0.2, 0) is 11.3 Å². The molecular weight excluding hydrogens is 340 g/mol. The molecule has 2 aromatic rings. The van der Waals surface area contributed by atoms with Gasteiger partial charge in [0.2, 0.25) is 5.91 Å². The third-order valence-corrected chi connectivity index (χ3v) is 3.34. The van der Waals surface area contributed by atoms with Crippen LogP contribution in [0.25, 0.3) is 0 Å². The molecule has 0 saturated heterocycles. The van der Waals surface area contributed by atoms with Gasteiger partial charge in [-0.2, -0.15) is 0 Å². The Kier molecular flexibility index (Phi) is 5.59. The summed E-state index contributed by atoms with van der Waals surface area (Å²) < 4.78 is 1.03. The molecule has 0 aliphatic carbocycles. The first-order chi connectivity index (χ1) is 9.63. The predicted octanol–water partition coefficient (Wildman–Crippen LogP) is 3.83. The average molecular weight is 354 g/mol. The lowest BCUT2D eigenvalue weighted by Crippen LogP contribution is -2.27. The van der Waals surface area contributed by atoms with Gasteiger partial charge in [-0.15, -0.1) is 0 Å². The van der Waals surface area contributed by atoms with E-state index in [2.05, 4.69) is 26.6 Å². The fourth-order valence-corrected chi connectivity index (χ4v) is 2.38. The van der Waals surface area contributed by atoms with Crippen molar-refractivity contribution >= 4 is 39.1 Å². The maximum absolute atomic E-state index is 11.8. The van der Waals surface area contributed by atoms with E-state index in [9.17, 15) is 4.79 Å². The zero-order chi connectivity index (χ0) is 14.4. The van der Waals surface area contributed by atoms with E-state index < -0.39 is 0 Å². The molecule has 0 aliphatic heterocycles. The predicted molar refractivity (Wildman–Crippen MR) is 85.9 cm³/mol. The second kappa shape index (κ2) is 7.43. The van der Waals surface area contributed by atoms with Crippen LogP contribution in [0.15, 0.2) is 53.0 Å². The highest BCUT2D eigenvalue weighted by atomic mass is 79.9. The van der Waals surface area contributed by atoms with E-state index in [0.717, 1.165) is 10.0 Å². The molecule has 2 aromatic carbocycles. The topological polar surface area (TPSA) is 41.1 Å². The van der Waals surface area contributed by atoms with Crippen molar-refractivity contribution in [2.75, 3.05) is 11.9 Å². The van der Waals surface area contributed by atoms with Crippen molar-refractivity contribution < 1.29 is 4.79 Å². The number of rotatable bonds is 5. The molecule has 0 unspecified atom stereocenters. The molecule has 0 spiro atoms. The van der Waals surface area contributed by atoms with Crippen molar-refractivity contribution in [3.8, 4) is 0 Å². The van der Waals surface area contributed by atoms with Gasteiger partial charge in [0.25, 0.3) is 0 Å². The molecular formula is C15H14BrClN2O. The van der Waals surface area contributed by atoms with E-state index in [4.69, 9.17) is 11.6 Å². The maximum Gasteiger partial charge on any atom is 0.238 e. The van der Waals surface area contributed by atoms with Gasteiger partial charge in [0.05, 0.1) is 6.54 Å². The number of amides is 1. The number of halogens is 2. The zero-order valence-corrected chi connectivity index (χ0v) is 13.0. The van der Waals surface area contributed by atoms with Crippen LogP contribution in [0.4, 0.5) is 5.69 Å². The summed E-state index contributed by atoms with van der Waals surface area (Å²) in [7, 11) is 0. The van der Waals surface area contributed by atoms with E-state index in [-0.39, 0.29) is 12.5 Å². The summed E-state index contributed by atoms with van der Waals surface area (Å²) in [4.78, 5) is 11.8. The molecule has 3 nitrogen and oxygen atoms in total. The lowest BCUT2D eigenvalue weighted by atomic mass is 10.2. The highest BCUT2D eigenvalue weighted by molar-refractivity contribution is 9.10. The fourth-order valence-electron chi connectivity index (χ4n) is 1.74. The van der Waals surface area contributed by atoms with Crippen molar-refractivity contribution in [1.29, 1.82) is 0 Å². The van der Waals surface area contributed by atoms with Crippen LogP contribution in [0.2, 0.25) is 5.02 Å². The standard InChI is InChI=1S/C15H14BrClN2O/c16-12-4-1-3-11(7-12)9-18-10-15(20)19-14-6-2-5-13(17)8-14/h1-8,18H,9-10H2,(H,19,20). The maximum atomic E-state index is 11.8. The largest absolute Gasteiger partial charge is 0.325 e. The minimum Gasteiger partial charge on any atom is -0.325 e. The number of hydrogen-bond acceptors (Lipinski definition) is 2. The molecule has 0 radical (unpaired) electrons. The summed E-state index contributed by atoms with van der Waals surface area (Å²) in [5.41, 5.74) is 1.82. The Bertz CT molecular complexity index is 604. The lowest BCUT2D eigenvalue weighted by molar-refractivity contribution is -0.115. The average Bonchev–Trinajstić information content (AvgIpc) is 2.38. The number of anilines is 1. The van der Waals surface area contributed by atoms with Crippen LogP contribution >= 0.6 is 27.5 Å². The van der Waals surface area contributed by atoms with E-state index >= 15 is 0 Å². The van der Waals surface area contributed by atoms with Gasteiger partial charge in [0.15, 0.2) is 0 Å². The molecule has 0 aliphatic rings. The molecule has 20 heavy (non-hydrogen) atoms. The molecule has 104 valence electrons. The molecule has 2 N–H and O–H groups in total. The second-order valence-corrected chi connectivity index (χ2v) is 5.64. The van der Waals surface area contributed by atoms with E-state index in [1.807, 2.05) is 24.3 Å². The van der Waals surface area contributed by atoms with E-state index in [1.165, 1.54) is 0 Å². The van der Waals surface area contributed by atoms with Crippen LogP contribution in [-0.4, -0.2) is 12.5 Å². The van der Waals surface area contributed by atoms with Crippen LogP contribution in [0.1, 0.15) is 5.56 Å². The fraction of sp³-hybridized carbons (Fsp3) is 0.133. The van der Waals surface area contributed by atoms with Gasteiger partial charge in [-0.05, 0) is 35.9 Å². The highest BCUT2D eigenvalue weighted by Crippen LogP contribution is 2.14. The Morgan fingerprint density at radius 2 is 1.95 bits per heavy atom.